The largest absolute Gasteiger partial charge is 1.00 e. The minimum Gasteiger partial charge on any atom is -0.870 e. The average Bonchev–Trinajstić information content (AvgIpc) is 1.75. The first kappa shape index (κ1) is 110. The van der Waals surface area contributed by atoms with Crippen molar-refractivity contribution in [2.75, 3.05) is 107 Å². The number of methoxy groups -OCH3 is 4. The topological polar surface area (TPSA) is 414 Å². The number of aromatic hydroxyl groups is 1. The number of rotatable bonds is 53. The van der Waals surface area contributed by atoms with Crippen LogP contribution in [-0.4, -0.2) is 204 Å². The molecule has 11 rings (SSSR count). The Morgan fingerprint density at radius 2 is 0.657 bits per heavy atom. The number of carbonyl (C=O) groups excluding carboxylic acids is 8. The van der Waals surface area contributed by atoms with Crippen molar-refractivity contribution in [2.24, 2.45) is 5.73 Å². The molecule has 710 valence electrons. The van der Waals surface area contributed by atoms with Crippen LogP contribution in [0.2, 0.25) is 0 Å². The fourth-order valence-corrected chi connectivity index (χ4v) is 13.1. The zero-order chi connectivity index (χ0) is 94.3. The van der Waals surface area contributed by atoms with E-state index in [4.69, 9.17) is 62.4 Å². The third-order valence-electron chi connectivity index (χ3n) is 20.5. The zero-order valence-electron chi connectivity index (χ0n) is 78.0. The monoisotopic (exact) mass is 1830 g/mol. The third kappa shape index (κ3) is 45.2. The van der Waals surface area contributed by atoms with Crippen molar-refractivity contribution in [3.05, 3.63) is 281 Å². The predicted octanol–water partition coefficient (Wildman–Crippen LogP) is 7.64. The van der Waals surface area contributed by atoms with Crippen LogP contribution >= 0.6 is 0 Å². The van der Waals surface area contributed by atoms with E-state index in [9.17, 15) is 43.5 Å². The Kier molecular flexibility index (Phi) is 52.2. The molecule has 2 aliphatic rings. The molecule has 11 N–H and O–H groups in total. The van der Waals surface area contributed by atoms with Crippen LogP contribution in [0, 0.1) is 0 Å². The first-order valence-electron chi connectivity index (χ1n) is 44.8. The molecule has 4 atom stereocenters. The van der Waals surface area contributed by atoms with Crippen LogP contribution in [0.25, 0.3) is 6.08 Å². The Bertz CT molecular complexity index is 4920. The number of amides is 5. The van der Waals surface area contributed by atoms with Gasteiger partial charge in [-0.25, -0.2) is 0 Å². The van der Waals surface area contributed by atoms with Gasteiger partial charge in [-0.1, -0.05) is 127 Å². The van der Waals surface area contributed by atoms with E-state index in [1.54, 1.807) is 67.4 Å². The van der Waals surface area contributed by atoms with Gasteiger partial charge in [0, 0.05) is 57.9 Å². The number of hydrogen-bond acceptors (Lipinski definition) is 25. The van der Waals surface area contributed by atoms with Crippen molar-refractivity contribution < 1.29 is 124 Å². The van der Waals surface area contributed by atoms with Gasteiger partial charge in [0.05, 0.1) is 99.2 Å². The summed E-state index contributed by atoms with van der Waals surface area (Å²) in [6, 6.07) is 67.8. The van der Waals surface area contributed by atoms with Crippen molar-refractivity contribution in [3.63, 3.8) is 0 Å². The molecule has 134 heavy (non-hydrogen) atoms. The molecule has 0 saturated carbocycles. The van der Waals surface area contributed by atoms with Gasteiger partial charge in [0.1, 0.15) is 52.0 Å². The van der Waals surface area contributed by atoms with Crippen molar-refractivity contribution in [3.8, 4) is 46.0 Å². The summed E-state index contributed by atoms with van der Waals surface area (Å²) >= 11 is 0. The van der Waals surface area contributed by atoms with Crippen LogP contribution in [0.3, 0.4) is 0 Å². The van der Waals surface area contributed by atoms with Gasteiger partial charge in [0.2, 0.25) is 29.5 Å². The molecule has 33 heteroatoms. The number of nitrogens with one attached hydrogen (secondary N) is 7. The SMILES string of the molecule is CCOC(=O)CCCOc1ccc(C[C@H](N)C(=O)NCCc2ccc(OC)cc2)cc1.CCOC(=O)CCCOc1ccc(C[C@H](NB2CO2)C(=O)NCCc2ccc(OC)cc2)cc1.CCOC(=O)CCCOc1ccc(C[C@H](NC(=O)/C=C/c2ccccc2)C(=O)NCCc2ccc(OC)cc2)cc1.COc1ccc(CCNC(=O)[C@H](Cc2ccc(O)cc2)NB2CO2)cc1.[Li+].[OH-]. The molecule has 0 radical (unpaired) electrons. The molecule has 5 amide bonds. The van der Waals surface area contributed by atoms with E-state index < -0.39 is 12.1 Å². The quantitative estimate of drug-likeness (QED) is 0.00441. The minimum atomic E-state index is -0.768. The number of esters is 3. The van der Waals surface area contributed by atoms with Gasteiger partial charge in [-0.05, 0) is 238 Å². The van der Waals surface area contributed by atoms with E-state index in [2.05, 4.69) is 37.0 Å². The standard InChI is InChI=1S/C33H38N2O6.C25H33BN2O6.C24H32N2O5.C19H23BN2O4.Li.H2O/c1-3-40-32(37)10-7-23-41-29-18-13-27(14-19-29)24-30(35-31(36)20-15-25-8-5-4-6-9-25)33(38)34-22-21-26-11-16-28(39-2)17-12-26;1-3-32-24(29)5-4-16-33-22-12-8-20(9-13-22)17-23(28-26-18-34-26)25(30)27-15-14-19-6-10-21(31-2)11-7-19;1-3-30-23(27)5-4-16-31-21-12-8-19(9-13-21)17-22(25)24(28)26-15-14-18-6-10-20(29-2)11-7-18;1-25-17-8-4-14(5-9-17)10-11-21-19(24)18(22-20-13-26-20)12-15-2-6-16(23)7-3-15;;/h4-6,8-9,11-20,30H,3,7,10,21-24H2,1-2H3,(H,34,38)(H,35,36);6-13,23,28H,3-5,14-18H2,1-2H3,(H,27,30);6-13,22H,3-5,14-17,25H2,1-2H3,(H,26,28);2-9,18,22-23H,10-13H2,1H3,(H,21,24);;1H2/q;;;;+1;/p-1/b20-15+;;;;;/t30-;23-;22-;18-;;/m0000../s1. The number of phenols is 1. The first-order chi connectivity index (χ1) is 64.2. The van der Waals surface area contributed by atoms with E-state index in [-0.39, 0.29) is 104 Å². The van der Waals surface area contributed by atoms with Crippen LogP contribution in [0.1, 0.15) is 109 Å². The fourth-order valence-electron chi connectivity index (χ4n) is 13.1. The van der Waals surface area contributed by atoms with E-state index in [0.29, 0.717) is 161 Å². The maximum Gasteiger partial charge on any atom is 1.00 e. The molecule has 0 aromatic heterocycles. The molecular weight excluding hydrogens is 1710 g/mol. The second kappa shape index (κ2) is 63.5. The molecule has 0 bridgehead atoms. The minimum absolute atomic E-state index is 0. The molecule has 0 unspecified atom stereocenters. The fraction of sp³-hybridized carbons (Fsp3) is 0.366. The Labute approximate surface area is 799 Å². The van der Waals surface area contributed by atoms with Gasteiger partial charge >= 0.3 is 50.9 Å². The molecule has 2 saturated heterocycles. The Balaban J connectivity index is 0.000000276. The van der Waals surface area contributed by atoms with Crippen LogP contribution in [0.4, 0.5) is 0 Å². The van der Waals surface area contributed by atoms with E-state index in [1.165, 1.54) is 6.08 Å². The van der Waals surface area contributed by atoms with Gasteiger partial charge in [0.15, 0.2) is 0 Å². The van der Waals surface area contributed by atoms with Gasteiger partial charge < -0.3 is 110 Å². The Morgan fingerprint density at radius 3 is 0.963 bits per heavy atom. The molecule has 9 aromatic rings. The summed E-state index contributed by atoms with van der Waals surface area (Å²) in [5.74, 6) is 3.98. The molecular formula is C101H127B2LiN8O22. The summed E-state index contributed by atoms with van der Waals surface area (Å²) in [5, 5.41) is 30.5. The second-order valence-electron chi connectivity index (χ2n) is 30.7. The molecule has 2 aliphatic heterocycles. The average molecular weight is 1830 g/mol. The number of benzene rings is 9. The maximum atomic E-state index is 13.2. The predicted molar refractivity (Wildman–Crippen MR) is 510 cm³/mol. The molecule has 30 nitrogen and oxygen atoms in total. The van der Waals surface area contributed by atoms with Crippen molar-refractivity contribution in [1.29, 1.82) is 0 Å². The van der Waals surface area contributed by atoms with Crippen molar-refractivity contribution >= 4 is 67.6 Å². The first-order valence-corrected chi connectivity index (χ1v) is 44.8. The number of ether oxygens (including phenoxy) is 10. The van der Waals surface area contributed by atoms with Gasteiger partial charge in [-0.3, -0.25) is 38.4 Å². The summed E-state index contributed by atoms with van der Waals surface area (Å²) in [7, 11) is 6.41. The maximum absolute atomic E-state index is 13.2. The van der Waals surface area contributed by atoms with Gasteiger partial charge in [0.25, 0.3) is 0 Å². The summed E-state index contributed by atoms with van der Waals surface area (Å²) < 4.78 is 62.9. The molecule has 2 fully saturated rings. The summed E-state index contributed by atoms with van der Waals surface area (Å²) in [4.78, 5) is 97.7. The number of hydrogen-bond donors (Lipinski definition) is 9. The summed E-state index contributed by atoms with van der Waals surface area (Å²) in [6.45, 7) is 11.1. The molecule has 2 heterocycles. The number of phenolic OH excluding ortho intramolecular Hbond substituents is 1. The van der Waals surface area contributed by atoms with Crippen LogP contribution in [-0.2, 0) is 113 Å². The van der Waals surface area contributed by atoms with Crippen molar-refractivity contribution in [2.45, 2.75) is 135 Å². The van der Waals surface area contributed by atoms with E-state index >= 15 is 0 Å². The number of carbonyl (C=O) groups is 8. The third-order valence-corrected chi connectivity index (χ3v) is 20.5. The van der Waals surface area contributed by atoms with Crippen molar-refractivity contribution in [1.82, 2.24) is 37.0 Å². The van der Waals surface area contributed by atoms with Crippen LogP contribution in [0.5, 0.6) is 46.0 Å². The van der Waals surface area contributed by atoms with Crippen LogP contribution in [0.15, 0.2) is 231 Å². The summed E-state index contributed by atoms with van der Waals surface area (Å²) in [5.41, 5.74) is 15.2. The Hall–Kier alpha value is -12.6. The van der Waals surface area contributed by atoms with Crippen LogP contribution < -0.4 is 94.8 Å². The smallest absolute Gasteiger partial charge is 0.870 e. The normalized spacial score (nSPS) is 12.2. The summed E-state index contributed by atoms with van der Waals surface area (Å²) in [6.07, 6.45) is 10.6. The molecule has 0 aliphatic carbocycles. The Morgan fingerprint density at radius 1 is 0.381 bits per heavy atom. The van der Waals surface area contributed by atoms with E-state index in [0.717, 1.165) is 98.1 Å². The zero-order valence-corrected chi connectivity index (χ0v) is 78.0. The van der Waals surface area contributed by atoms with Gasteiger partial charge in [-0.2, -0.15) is 0 Å². The number of nitrogens with two attached hydrogens (primary N) is 1. The van der Waals surface area contributed by atoms with Gasteiger partial charge in [-0.15, -0.1) is 0 Å². The van der Waals surface area contributed by atoms with E-state index in [1.807, 2.05) is 212 Å². The molecule has 0 spiro atoms. The molecule has 9 aromatic carbocycles. The second-order valence-corrected chi connectivity index (χ2v) is 30.7.